The van der Waals surface area contributed by atoms with Gasteiger partial charge < -0.3 is 9.51 Å². The lowest BCUT2D eigenvalue weighted by atomic mass is 10.1. The molecular weight excluding hydrogens is 218 g/mol. The number of nitriles is 1. The summed E-state index contributed by atoms with van der Waals surface area (Å²) >= 11 is 0. The molecule has 86 valence electrons. The topological polar surface area (TPSA) is 78.4 Å². The van der Waals surface area contributed by atoms with Gasteiger partial charge in [0.1, 0.15) is 6.07 Å². The van der Waals surface area contributed by atoms with Crippen LogP contribution in [-0.2, 0) is 4.79 Å². The zero-order valence-electron chi connectivity index (χ0n) is 9.08. The van der Waals surface area contributed by atoms with Gasteiger partial charge in [-0.25, -0.2) is 4.98 Å². The summed E-state index contributed by atoms with van der Waals surface area (Å²) in [5.74, 6) is 0.675. The third-order valence-electron chi connectivity index (χ3n) is 2.68. The molecular formula is C12H11N3O2. The molecule has 1 N–H and O–H groups in total. The van der Waals surface area contributed by atoms with E-state index in [-0.39, 0.29) is 6.47 Å². The van der Waals surface area contributed by atoms with Gasteiger partial charge in [-0.2, -0.15) is 5.26 Å². The quantitative estimate of drug-likeness (QED) is 0.756. The van der Waals surface area contributed by atoms with Crippen LogP contribution >= 0.6 is 0 Å². The number of imidazole rings is 1. The molecule has 0 aliphatic heterocycles. The average Bonchev–Trinajstić information content (AvgIpc) is 3.07. The van der Waals surface area contributed by atoms with Crippen molar-refractivity contribution < 1.29 is 9.90 Å². The van der Waals surface area contributed by atoms with E-state index in [1.54, 1.807) is 6.20 Å². The first-order valence-corrected chi connectivity index (χ1v) is 5.24. The van der Waals surface area contributed by atoms with Gasteiger partial charge >= 0.3 is 0 Å². The van der Waals surface area contributed by atoms with Crippen molar-refractivity contribution >= 4 is 12.1 Å². The minimum absolute atomic E-state index is 0.250. The molecule has 1 fully saturated rings. The molecule has 0 radical (unpaired) electrons. The van der Waals surface area contributed by atoms with Gasteiger partial charge in [-0.1, -0.05) is 0 Å². The fourth-order valence-corrected chi connectivity index (χ4v) is 1.78. The molecule has 17 heavy (non-hydrogen) atoms. The maximum absolute atomic E-state index is 8.98. The fraction of sp³-hybridized carbons (Fsp3) is 0.250. The second-order valence-electron chi connectivity index (χ2n) is 3.84. The molecule has 1 aliphatic rings. The number of aromatic nitrogens is 2. The molecule has 0 unspecified atom stereocenters. The van der Waals surface area contributed by atoms with E-state index < -0.39 is 0 Å². The first-order valence-electron chi connectivity index (χ1n) is 5.24. The predicted octanol–water partition coefficient (Wildman–Crippen LogP) is 1.78. The number of carbonyl (C=O) groups is 1. The Labute approximate surface area is 97.9 Å². The minimum atomic E-state index is -0.250. The number of fused-ring (bicyclic) bond motifs is 1. The van der Waals surface area contributed by atoms with Crippen molar-refractivity contribution in [3.8, 4) is 6.07 Å². The predicted molar refractivity (Wildman–Crippen MR) is 60.6 cm³/mol. The highest BCUT2D eigenvalue weighted by atomic mass is 16.3. The highest BCUT2D eigenvalue weighted by Crippen LogP contribution is 2.40. The van der Waals surface area contributed by atoms with E-state index in [9.17, 15) is 0 Å². The zero-order chi connectivity index (χ0) is 12.3. The van der Waals surface area contributed by atoms with Gasteiger partial charge in [0.2, 0.25) is 0 Å². The van der Waals surface area contributed by atoms with Crippen LogP contribution in [0.1, 0.15) is 29.9 Å². The number of rotatable bonds is 1. The van der Waals surface area contributed by atoms with Gasteiger partial charge in [0, 0.05) is 18.6 Å². The van der Waals surface area contributed by atoms with Crippen LogP contribution < -0.4 is 0 Å². The number of hydrogen-bond donors (Lipinski definition) is 1. The van der Waals surface area contributed by atoms with Crippen molar-refractivity contribution in [2.45, 2.75) is 18.8 Å². The van der Waals surface area contributed by atoms with E-state index in [0.717, 1.165) is 5.65 Å². The Kier molecular flexibility index (Phi) is 3.06. The lowest BCUT2D eigenvalue weighted by Gasteiger charge is -2.01. The lowest BCUT2D eigenvalue weighted by molar-refractivity contribution is -0.122. The lowest BCUT2D eigenvalue weighted by Crippen LogP contribution is -1.92. The van der Waals surface area contributed by atoms with E-state index in [2.05, 4.69) is 17.3 Å². The molecule has 3 rings (SSSR count). The summed E-state index contributed by atoms with van der Waals surface area (Å²) in [6.07, 6.45) is 8.21. The van der Waals surface area contributed by atoms with Crippen molar-refractivity contribution in [3.05, 3.63) is 35.8 Å². The SMILES string of the molecule is N#Cc1cc(C2CC2)cn2ccnc12.O=CO. The van der Waals surface area contributed by atoms with E-state index in [4.69, 9.17) is 15.2 Å². The van der Waals surface area contributed by atoms with E-state index >= 15 is 0 Å². The van der Waals surface area contributed by atoms with Crippen molar-refractivity contribution in [2.24, 2.45) is 0 Å². The molecule has 0 amide bonds. The molecule has 0 bridgehead atoms. The normalized spacial score (nSPS) is 13.6. The average molecular weight is 229 g/mol. The second-order valence-corrected chi connectivity index (χ2v) is 3.84. The Bertz CT molecular complexity index is 579. The molecule has 2 heterocycles. The van der Waals surface area contributed by atoms with Crippen molar-refractivity contribution in [3.63, 3.8) is 0 Å². The van der Waals surface area contributed by atoms with Crippen molar-refractivity contribution in [1.29, 1.82) is 5.26 Å². The van der Waals surface area contributed by atoms with Gasteiger partial charge in [-0.05, 0) is 30.4 Å². The van der Waals surface area contributed by atoms with Crippen molar-refractivity contribution in [1.82, 2.24) is 9.38 Å². The summed E-state index contributed by atoms with van der Waals surface area (Å²) in [6, 6.07) is 4.17. The van der Waals surface area contributed by atoms with Crippen LogP contribution in [0.4, 0.5) is 0 Å². The third-order valence-corrected chi connectivity index (χ3v) is 2.68. The number of pyridine rings is 1. The standard InChI is InChI=1S/C11H9N3.CH2O2/c12-6-9-5-10(8-1-2-8)7-14-4-3-13-11(9)14;2-1-3/h3-5,7-8H,1-2H2;1H,(H,2,3). The molecule has 0 spiro atoms. The third kappa shape index (κ3) is 2.26. The van der Waals surface area contributed by atoms with E-state index in [1.165, 1.54) is 18.4 Å². The molecule has 5 nitrogen and oxygen atoms in total. The maximum Gasteiger partial charge on any atom is 0.290 e. The van der Waals surface area contributed by atoms with Crippen LogP contribution in [0.15, 0.2) is 24.7 Å². The molecule has 0 aromatic carbocycles. The summed E-state index contributed by atoms with van der Waals surface area (Å²) < 4.78 is 1.94. The largest absolute Gasteiger partial charge is 0.483 e. The first kappa shape index (κ1) is 11.1. The van der Waals surface area contributed by atoms with Crippen molar-refractivity contribution in [2.75, 3.05) is 0 Å². The Morgan fingerprint density at radius 2 is 2.29 bits per heavy atom. The monoisotopic (exact) mass is 229 g/mol. The Balaban J connectivity index is 0.000000329. The molecule has 5 heteroatoms. The molecule has 0 saturated heterocycles. The Morgan fingerprint density at radius 3 is 2.88 bits per heavy atom. The first-order chi connectivity index (χ1) is 8.30. The van der Waals surface area contributed by atoms with Crippen LogP contribution in [0.3, 0.4) is 0 Å². The molecule has 1 aliphatic carbocycles. The minimum Gasteiger partial charge on any atom is -0.483 e. The zero-order valence-corrected chi connectivity index (χ0v) is 9.08. The number of nitrogens with zero attached hydrogens (tertiary/aromatic N) is 3. The van der Waals surface area contributed by atoms with Crippen LogP contribution in [-0.4, -0.2) is 21.0 Å². The fourth-order valence-electron chi connectivity index (χ4n) is 1.78. The summed E-state index contributed by atoms with van der Waals surface area (Å²) in [5.41, 5.74) is 2.71. The maximum atomic E-state index is 8.98. The smallest absolute Gasteiger partial charge is 0.290 e. The summed E-state index contributed by atoms with van der Waals surface area (Å²) in [4.78, 5) is 12.5. The highest BCUT2D eigenvalue weighted by Gasteiger charge is 2.24. The van der Waals surface area contributed by atoms with E-state index in [0.29, 0.717) is 11.5 Å². The van der Waals surface area contributed by atoms with E-state index in [1.807, 2.05) is 16.7 Å². The number of hydrogen-bond acceptors (Lipinski definition) is 3. The molecule has 2 aromatic rings. The van der Waals surface area contributed by atoms with Gasteiger partial charge in [-0.3, -0.25) is 4.79 Å². The van der Waals surface area contributed by atoms with Gasteiger partial charge in [-0.15, -0.1) is 0 Å². The molecule has 2 aromatic heterocycles. The summed E-state index contributed by atoms with van der Waals surface area (Å²) in [7, 11) is 0. The van der Waals surface area contributed by atoms with Gasteiger partial charge in [0.05, 0.1) is 5.56 Å². The van der Waals surface area contributed by atoms with Gasteiger partial charge in [0.25, 0.3) is 6.47 Å². The number of carboxylic acid groups (broad SMARTS) is 1. The van der Waals surface area contributed by atoms with Crippen LogP contribution in [0.5, 0.6) is 0 Å². The van der Waals surface area contributed by atoms with Gasteiger partial charge in [0.15, 0.2) is 5.65 Å². The summed E-state index contributed by atoms with van der Waals surface area (Å²) in [6.45, 7) is -0.250. The summed E-state index contributed by atoms with van der Waals surface area (Å²) in [5, 5.41) is 15.9. The van der Waals surface area contributed by atoms with Crippen LogP contribution in [0.25, 0.3) is 5.65 Å². The Hall–Kier alpha value is -2.35. The second kappa shape index (κ2) is 4.66. The highest BCUT2D eigenvalue weighted by molar-refractivity contribution is 5.56. The Morgan fingerprint density at radius 1 is 1.59 bits per heavy atom. The van der Waals surface area contributed by atoms with Crippen LogP contribution in [0, 0.1) is 11.3 Å². The molecule has 1 saturated carbocycles. The molecule has 0 atom stereocenters. The van der Waals surface area contributed by atoms with Crippen LogP contribution in [0.2, 0.25) is 0 Å².